The van der Waals surface area contributed by atoms with Crippen LogP contribution < -0.4 is 9.47 Å². The third-order valence-corrected chi connectivity index (χ3v) is 3.85. The molecule has 2 rings (SSSR count). The first-order valence-corrected chi connectivity index (χ1v) is 6.99. The molecule has 0 saturated heterocycles. The van der Waals surface area contributed by atoms with Crippen molar-refractivity contribution in [2.75, 3.05) is 21.3 Å². The molecule has 1 aromatic rings. The summed E-state index contributed by atoms with van der Waals surface area (Å²) in [6.07, 6.45) is 1.38. The van der Waals surface area contributed by atoms with E-state index in [4.69, 9.17) is 14.2 Å². The molecule has 1 aromatic carbocycles. The predicted octanol–water partition coefficient (Wildman–Crippen LogP) is 2.09. The second kappa shape index (κ2) is 6.68. The van der Waals surface area contributed by atoms with Crippen molar-refractivity contribution in [3.8, 4) is 11.5 Å². The first kappa shape index (κ1) is 16.1. The Labute approximate surface area is 129 Å². The average molecular weight is 308 g/mol. The summed E-state index contributed by atoms with van der Waals surface area (Å²) in [5.74, 6) is 0.494. The Morgan fingerprint density at radius 3 is 2.41 bits per heavy atom. The fourth-order valence-corrected chi connectivity index (χ4v) is 2.22. The van der Waals surface area contributed by atoms with Gasteiger partial charge in [0.15, 0.2) is 0 Å². The van der Waals surface area contributed by atoms with Crippen molar-refractivity contribution < 1.29 is 28.5 Å². The monoisotopic (exact) mass is 308 g/mol. The predicted molar refractivity (Wildman–Crippen MR) is 77.6 cm³/mol. The summed E-state index contributed by atoms with van der Waals surface area (Å²) in [6, 6.07) is 5.28. The molecule has 0 aromatic heterocycles. The first-order chi connectivity index (χ1) is 10.5. The summed E-state index contributed by atoms with van der Waals surface area (Å²) in [6.45, 7) is 0.0922. The number of carbonyl (C=O) groups is 2. The minimum absolute atomic E-state index is 0.0715. The molecular weight excluding hydrogens is 288 g/mol. The van der Waals surface area contributed by atoms with Crippen LogP contribution in [0.2, 0.25) is 0 Å². The number of esters is 2. The molecule has 0 amide bonds. The maximum Gasteiger partial charge on any atom is 0.313 e. The molecule has 0 atom stereocenters. The molecule has 1 aliphatic rings. The molecule has 0 aliphatic heterocycles. The molecule has 0 unspecified atom stereocenters. The Kier molecular flexibility index (Phi) is 4.90. The van der Waals surface area contributed by atoms with E-state index in [2.05, 4.69) is 4.74 Å². The Balaban J connectivity index is 1.98. The lowest BCUT2D eigenvalue weighted by Gasteiger charge is -2.15. The van der Waals surface area contributed by atoms with Crippen LogP contribution in [0.4, 0.5) is 0 Å². The molecule has 0 spiro atoms. The van der Waals surface area contributed by atoms with Gasteiger partial charge in [0.05, 0.1) is 33.2 Å². The van der Waals surface area contributed by atoms with Crippen LogP contribution in [0.15, 0.2) is 18.2 Å². The topological polar surface area (TPSA) is 71.1 Å². The number of hydrogen-bond donors (Lipinski definition) is 0. The summed E-state index contributed by atoms with van der Waals surface area (Å²) in [5, 5.41) is 0. The van der Waals surface area contributed by atoms with Crippen molar-refractivity contribution in [3.63, 3.8) is 0 Å². The molecule has 1 aliphatic carbocycles. The second-order valence-corrected chi connectivity index (χ2v) is 5.29. The highest BCUT2D eigenvalue weighted by Gasteiger charge is 2.53. The zero-order valence-electron chi connectivity index (χ0n) is 13.0. The van der Waals surface area contributed by atoms with Gasteiger partial charge >= 0.3 is 11.9 Å². The summed E-state index contributed by atoms with van der Waals surface area (Å²) in [7, 11) is 4.42. The van der Waals surface area contributed by atoms with Crippen LogP contribution in [0.25, 0.3) is 0 Å². The summed E-state index contributed by atoms with van der Waals surface area (Å²) < 4.78 is 20.3. The Hall–Kier alpha value is -2.24. The van der Waals surface area contributed by atoms with E-state index in [0.717, 1.165) is 5.56 Å². The van der Waals surface area contributed by atoms with Crippen LogP contribution in [0.1, 0.15) is 24.8 Å². The molecule has 0 bridgehead atoms. The van der Waals surface area contributed by atoms with Gasteiger partial charge < -0.3 is 18.9 Å². The van der Waals surface area contributed by atoms with E-state index < -0.39 is 11.4 Å². The lowest BCUT2D eigenvalue weighted by molar-refractivity contribution is -0.156. The van der Waals surface area contributed by atoms with Crippen LogP contribution in [-0.4, -0.2) is 33.3 Å². The minimum Gasteiger partial charge on any atom is -0.497 e. The normalized spacial score (nSPS) is 14.9. The van der Waals surface area contributed by atoms with Crippen molar-refractivity contribution >= 4 is 11.9 Å². The van der Waals surface area contributed by atoms with E-state index >= 15 is 0 Å². The van der Waals surface area contributed by atoms with Crippen molar-refractivity contribution in [2.45, 2.75) is 25.9 Å². The van der Waals surface area contributed by atoms with Crippen LogP contribution in [0.3, 0.4) is 0 Å². The Morgan fingerprint density at radius 1 is 1.14 bits per heavy atom. The summed E-state index contributed by atoms with van der Waals surface area (Å²) in [5.41, 5.74) is 0.0396. The molecule has 120 valence electrons. The molecule has 6 nitrogen and oxygen atoms in total. The highest BCUT2D eigenvalue weighted by molar-refractivity contribution is 5.86. The van der Waals surface area contributed by atoms with Gasteiger partial charge in [-0.3, -0.25) is 9.59 Å². The van der Waals surface area contributed by atoms with Gasteiger partial charge in [0.1, 0.15) is 18.1 Å². The number of hydrogen-bond acceptors (Lipinski definition) is 6. The quantitative estimate of drug-likeness (QED) is 0.718. The Morgan fingerprint density at radius 2 is 1.86 bits per heavy atom. The van der Waals surface area contributed by atoms with Gasteiger partial charge in [-0.25, -0.2) is 0 Å². The summed E-state index contributed by atoms with van der Waals surface area (Å²) >= 11 is 0. The van der Waals surface area contributed by atoms with Crippen molar-refractivity contribution in [3.05, 3.63) is 23.8 Å². The third kappa shape index (κ3) is 3.50. The van der Waals surface area contributed by atoms with E-state index in [-0.39, 0.29) is 19.0 Å². The smallest absolute Gasteiger partial charge is 0.313 e. The first-order valence-electron chi connectivity index (χ1n) is 6.99. The lowest BCUT2D eigenvalue weighted by Crippen LogP contribution is -2.23. The van der Waals surface area contributed by atoms with Gasteiger partial charge in [-0.2, -0.15) is 0 Å². The fourth-order valence-electron chi connectivity index (χ4n) is 2.22. The van der Waals surface area contributed by atoms with Crippen molar-refractivity contribution in [1.82, 2.24) is 0 Å². The molecule has 1 saturated carbocycles. The van der Waals surface area contributed by atoms with E-state index in [1.54, 1.807) is 32.4 Å². The number of ether oxygens (including phenoxy) is 4. The maximum absolute atomic E-state index is 12.2. The van der Waals surface area contributed by atoms with Gasteiger partial charge in [-0.05, 0) is 25.0 Å². The minimum atomic E-state index is -0.702. The molecule has 0 heterocycles. The molecule has 0 radical (unpaired) electrons. The number of methoxy groups -OCH3 is 3. The van der Waals surface area contributed by atoms with Gasteiger partial charge in [-0.15, -0.1) is 0 Å². The van der Waals surface area contributed by atoms with E-state index in [1.807, 2.05) is 0 Å². The highest BCUT2D eigenvalue weighted by atomic mass is 16.5. The fraction of sp³-hybridized carbons (Fsp3) is 0.500. The number of rotatable bonds is 7. The zero-order valence-corrected chi connectivity index (χ0v) is 13.0. The Bertz CT molecular complexity index is 562. The largest absolute Gasteiger partial charge is 0.497 e. The molecule has 0 N–H and O–H groups in total. The SMILES string of the molecule is COC(=O)CC1(C(=O)OCc2ccc(OC)cc2OC)CC1. The van der Waals surface area contributed by atoms with E-state index in [9.17, 15) is 9.59 Å². The maximum atomic E-state index is 12.2. The molecule has 22 heavy (non-hydrogen) atoms. The molecular formula is C16H20O6. The molecule has 6 heteroatoms. The third-order valence-electron chi connectivity index (χ3n) is 3.85. The van der Waals surface area contributed by atoms with Crippen LogP contribution in [0.5, 0.6) is 11.5 Å². The highest BCUT2D eigenvalue weighted by Crippen LogP contribution is 2.50. The second-order valence-electron chi connectivity index (χ2n) is 5.29. The van der Waals surface area contributed by atoms with Crippen LogP contribution in [0, 0.1) is 5.41 Å². The van der Waals surface area contributed by atoms with E-state index in [1.165, 1.54) is 7.11 Å². The number of benzene rings is 1. The van der Waals surface area contributed by atoms with Crippen molar-refractivity contribution in [2.24, 2.45) is 5.41 Å². The number of carbonyl (C=O) groups excluding carboxylic acids is 2. The average Bonchev–Trinajstić information content (AvgIpc) is 3.32. The van der Waals surface area contributed by atoms with Crippen LogP contribution >= 0.6 is 0 Å². The van der Waals surface area contributed by atoms with Gasteiger partial charge in [0, 0.05) is 11.6 Å². The van der Waals surface area contributed by atoms with E-state index in [0.29, 0.717) is 24.3 Å². The van der Waals surface area contributed by atoms with Gasteiger partial charge in [0.2, 0.25) is 0 Å². The van der Waals surface area contributed by atoms with Gasteiger partial charge in [-0.1, -0.05) is 0 Å². The van der Waals surface area contributed by atoms with Crippen LogP contribution in [-0.2, 0) is 25.7 Å². The lowest BCUT2D eigenvalue weighted by atomic mass is 10.0. The summed E-state index contributed by atoms with van der Waals surface area (Å²) in [4.78, 5) is 23.5. The standard InChI is InChI=1S/C16H20O6/c1-19-12-5-4-11(13(8-12)20-2)10-22-15(18)16(6-7-16)9-14(17)21-3/h4-5,8H,6-7,9-10H2,1-3H3. The van der Waals surface area contributed by atoms with Crippen molar-refractivity contribution in [1.29, 1.82) is 0 Å². The zero-order chi connectivity index (χ0) is 16.2. The molecule has 1 fully saturated rings. The van der Waals surface area contributed by atoms with Gasteiger partial charge in [0.25, 0.3) is 0 Å².